The van der Waals surface area contributed by atoms with E-state index in [1.807, 2.05) is 30.7 Å². The average Bonchev–Trinajstić information content (AvgIpc) is 3.15. The van der Waals surface area contributed by atoms with Crippen LogP contribution in [-0.4, -0.2) is 33.8 Å². The molecule has 0 aliphatic rings. The Kier molecular flexibility index (Phi) is 6.09. The Morgan fingerprint density at radius 3 is 2.95 bits per heavy atom. The van der Waals surface area contributed by atoms with Gasteiger partial charge in [0.25, 0.3) is 0 Å². The summed E-state index contributed by atoms with van der Waals surface area (Å²) in [5.74, 6) is 1.23. The van der Waals surface area contributed by atoms with Gasteiger partial charge in [-0.05, 0) is 23.8 Å². The summed E-state index contributed by atoms with van der Waals surface area (Å²) >= 11 is 1.57. The first kappa shape index (κ1) is 16.6. The molecule has 1 unspecified atom stereocenters. The van der Waals surface area contributed by atoms with Crippen molar-refractivity contribution in [3.63, 3.8) is 0 Å². The van der Waals surface area contributed by atoms with Crippen LogP contribution >= 0.6 is 11.3 Å². The third-order valence-electron chi connectivity index (χ3n) is 3.40. The Bertz CT molecular complexity index is 581. The predicted molar refractivity (Wildman–Crippen MR) is 84.4 cm³/mol. The molecule has 0 spiro atoms. The molecule has 2 heterocycles. The topological polar surface area (TPSA) is 88.2 Å². The summed E-state index contributed by atoms with van der Waals surface area (Å²) in [6.45, 7) is 4.11. The standard InChI is InChI=1S/C15H21N3O3S/c1-10(2)12(5-7-19)16-13(20)3-4-14-17-15(18-21-14)11-6-8-22-9-11/h6,8-10,12,19H,3-5,7H2,1-2H3,(H,16,20). The fourth-order valence-electron chi connectivity index (χ4n) is 2.08. The Morgan fingerprint density at radius 1 is 1.50 bits per heavy atom. The van der Waals surface area contributed by atoms with Crippen LogP contribution in [0.25, 0.3) is 11.4 Å². The number of aromatic nitrogens is 2. The van der Waals surface area contributed by atoms with E-state index in [1.54, 1.807) is 11.3 Å². The second kappa shape index (κ2) is 8.05. The van der Waals surface area contributed by atoms with E-state index in [4.69, 9.17) is 9.63 Å². The van der Waals surface area contributed by atoms with Crippen molar-refractivity contribution in [1.82, 2.24) is 15.5 Å². The highest BCUT2D eigenvalue weighted by molar-refractivity contribution is 7.08. The van der Waals surface area contributed by atoms with E-state index < -0.39 is 0 Å². The number of hydrogen-bond acceptors (Lipinski definition) is 6. The zero-order valence-electron chi connectivity index (χ0n) is 12.8. The van der Waals surface area contributed by atoms with Crippen LogP contribution in [0.1, 0.15) is 32.6 Å². The third-order valence-corrected chi connectivity index (χ3v) is 4.09. The molecule has 0 aliphatic carbocycles. The summed E-state index contributed by atoms with van der Waals surface area (Å²) in [4.78, 5) is 16.2. The molecule has 120 valence electrons. The maximum atomic E-state index is 12.0. The van der Waals surface area contributed by atoms with Gasteiger partial charge in [0.2, 0.25) is 17.6 Å². The van der Waals surface area contributed by atoms with Crippen LogP contribution < -0.4 is 5.32 Å². The van der Waals surface area contributed by atoms with E-state index in [0.29, 0.717) is 31.0 Å². The van der Waals surface area contributed by atoms with E-state index in [1.165, 1.54) is 0 Å². The molecule has 2 aromatic rings. The van der Waals surface area contributed by atoms with Gasteiger partial charge < -0.3 is 14.9 Å². The molecule has 0 saturated carbocycles. The lowest BCUT2D eigenvalue weighted by molar-refractivity contribution is -0.122. The van der Waals surface area contributed by atoms with E-state index in [-0.39, 0.29) is 24.5 Å². The highest BCUT2D eigenvalue weighted by Gasteiger charge is 2.16. The molecule has 0 bridgehead atoms. The Hall–Kier alpha value is -1.73. The van der Waals surface area contributed by atoms with Crippen molar-refractivity contribution in [3.05, 3.63) is 22.7 Å². The number of carbonyl (C=O) groups is 1. The molecule has 0 saturated heterocycles. The first-order valence-corrected chi connectivity index (χ1v) is 8.29. The van der Waals surface area contributed by atoms with Gasteiger partial charge in [-0.2, -0.15) is 16.3 Å². The first-order chi connectivity index (χ1) is 10.6. The summed E-state index contributed by atoms with van der Waals surface area (Å²) in [6, 6.07) is 1.91. The quantitative estimate of drug-likeness (QED) is 0.778. The summed E-state index contributed by atoms with van der Waals surface area (Å²) in [5, 5.41) is 19.8. The van der Waals surface area contributed by atoms with Crippen molar-refractivity contribution in [2.24, 2.45) is 5.92 Å². The number of nitrogens with zero attached hydrogens (tertiary/aromatic N) is 2. The highest BCUT2D eigenvalue weighted by Crippen LogP contribution is 2.19. The fraction of sp³-hybridized carbons (Fsp3) is 0.533. The summed E-state index contributed by atoms with van der Waals surface area (Å²) in [5.41, 5.74) is 0.923. The number of aliphatic hydroxyl groups excluding tert-OH is 1. The number of carbonyl (C=O) groups excluding carboxylic acids is 1. The lowest BCUT2D eigenvalue weighted by Crippen LogP contribution is -2.39. The fourth-order valence-corrected chi connectivity index (χ4v) is 2.71. The molecule has 7 heteroatoms. The molecule has 2 aromatic heterocycles. The van der Waals surface area contributed by atoms with E-state index in [9.17, 15) is 4.79 Å². The highest BCUT2D eigenvalue weighted by atomic mass is 32.1. The second-order valence-corrected chi connectivity index (χ2v) is 6.23. The molecule has 2 rings (SSSR count). The minimum Gasteiger partial charge on any atom is -0.396 e. The van der Waals surface area contributed by atoms with Crippen LogP contribution in [0.2, 0.25) is 0 Å². The smallest absolute Gasteiger partial charge is 0.227 e. The number of thiophene rings is 1. The minimum atomic E-state index is -0.0672. The van der Waals surface area contributed by atoms with E-state index >= 15 is 0 Å². The van der Waals surface area contributed by atoms with Gasteiger partial charge in [0.15, 0.2) is 0 Å². The number of aliphatic hydroxyl groups is 1. The number of aryl methyl sites for hydroxylation is 1. The van der Waals surface area contributed by atoms with Gasteiger partial charge in [0.05, 0.1) is 0 Å². The number of amides is 1. The molecular weight excluding hydrogens is 302 g/mol. The van der Waals surface area contributed by atoms with Crippen molar-refractivity contribution in [1.29, 1.82) is 0 Å². The molecule has 1 amide bonds. The van der Waals surface area contributed by atoms with Crippen LogP contribution in [-0.2, 0) is 11.2 Å². The van der Waals surface area contributed by atoms with Crippen LogP contribution in [0, 0.1) is 5.92 Å². The molecule has 0 fully saturated rings. The second-order valence-electron chi connectivity index (χ2n) is 5.45. The van der Waals surface area contributed by atoms with Crippen molar-refractivity contribution in [2.75, 3.05) is 6.61 Å². The van der Waals surface area contributed by atoms with E-state index in [0.717, 1.165) is 5.56 Å². The summed E-state index contributed by atoms with van der Waals surface area (Å²) < 4.78 is 5.16. The molecule has 22 heavy (non-hydrogen) atoms. The van der Waals surface area contributed by atoms with Gasteiger partial charge in [0.1, 0.15) is 0 Å². The van der Waals surface area contributed by atoms with Gasteiger partial charge >= 0.3 is 0 Å². The van der Waals surface area contributed by atoms with Crippen molar-refractivity contribution in [2.45, 2.75) is 39.2 Å². The average molecular weight is 323 g/mol. The Balaban J connectivity index is 1.83. The largest absolute Gasteiger partial charge is 0.396 e. The molecule has 0 radical (unpaired) electrons. The van der Waals surface area contributed by atoms with Crippen LogP contribution in [0.3, 0.4) is 0 Å². The summed E-state index contributed by atoms with van der Waals surface area (Å²) in [7, 11) is 0. The summed E-state index contributed by atoms with van der Waals surface area (Å²) in [6.07, 6.45) is 1.26. The maximum absolute atomic E-state index is 12.0. The maximum Gasteiger partial charge on any atom is 0.227 e. The number of hydrogen-bond donors (Lipinski definition) is 2. The zero-order valence-corrected chi connectivity index (χ0v) is 13.6. The zero-order chi connectivity index (χ0) is 15.9. The lowest BCUT2D eigenvalue weighted by Gasteiger charge is -2.21. The molecule has 0 aliphatic heterocycles. The number of rotatable bonds is 8. The Morgan fingerprint density at radius 2 is 2.32 bits per heavy atom. The van der Waals surface area contributed by atoms with Crippen LogP contribution in [0.15, 0.2) is 21.3 Å². The monoisotopic (exact) mass is 323 g/mol. The third kappa shape index (κ3) is 4.64. The molecule has 6 nitrogen and oxygen atoms in total. The lowest BCUT2D eigenvalue weighted by atomic mass is 10.0. The van der Waals surface area contributed by atoms with Crippen LogP contribution in [0.5, 0.6) is 0 Å². The predicted octanol–water partition coefficient (Wildman–Crippen LogP) is 2.25. The molecule has 2 N–H and O–H groups in total. The SMILES string of the molecule is CC(C)C(CCO)NC(=O)CCc1nc(-c2ccsc2)no1. The van der Waals surface area contributed by atoms with Gasteiger partial charge in [-0.25, -0.2) is 0 Å². The minimum absolute atomic E-state index is 0.0125. The molecule has 1 atom stereocenters. The Labute approximate surface area is 133 Å². The normalized spacial score (nSPS) is 12.5. The van der Waals surface area contributed by atoms with Gasteiger partial charge in [-0.1, -0.05) is 19.0 Å². The van der Waals surface area contributed by atoms with Crippen molar-refractivity contribution in [3.8, 4) is 11.4 Å². The van der Waals surface area contributed by atoms with Crippen LogP contribution in [0.4, 0.5) is 0 Å². The van der Waals surface area contributed by atoms with Crippen molar-refractivity contribution < 1.29 is 14.4 Å². The van der Waals surface area contributed by atoms with Gasteiger partial charge in [-0.3, -0.25) is 4.79 Å². The van der Waals surface area contributed by atoms with Gasteiger partial charge in [0, 0.05) is 36.4 Å². The van der Waals surface area contributed by atoms with Crippen molar-refractivity contribution >= 4 is 17.2 Å². The molecule has 0 aromatic carbocycles. The number of nitrogens with one attached hydrogen (secondary N) is 1. The molecular formula is C15H21N3O3S. The first-order valence-electron chi connectivity index (χ1n) is 7.35. The van der Waals surface area contributed by atoms with Gasteiger partial charge in [-0.15, -0.1) is 0 Å². The van der Waals surface area contributed by atoms with E-state index in [2.05, 4.69) is 15.5 Å².